The van der Waals surface area contributed by atoms with E-state index >= 15 is 0 Å². The summed E-state index contributed by atoms with van der Waals surface area (Å²) in [5.41, 5.74) is 5.89. The van der Waals surface area contributed by atoms with E-state index in [0.29, 0.717) is 5.75 Å². The van der Waals surface area contributed by atoms with Gasteiger partial charge in [0.2, 0.25) is 0 Å². The van der Waals surface area contributed by atoms with Crippen molar-refractivity contribution in [2.24, 2.45) is 10.8 Å². The lowest BCUT2D eigenvalue weighted by Gasteiger charge is -2.03. The molecule has 0 atom stereocenters. The fraction of sp³-hybridized carbons (Fsp3) is 0.231. The van der Waals surface area contributed by atoms with E-state index in [-0.39, 0.29) is 6.61 Å². The Labute approximate surface area is 116 Å². The number of ether oxygens (including phenoxy) is 1. The summed E-state index contributed by atoms with van der Waals surface area (Å²) in [4.78, 5) is 10.6. The quantitative estimate of drug-likeness (QED) is 0.809. The number of carbonyl (C=O) groups is 1. The van der Waals surface area contributed by atoms with Crippen LogP contribution in [-0.2, 0) is 4.79 Å². The zero-order chi connectivity index (χ0) is 14.5. The van der Waals surface area contributed by atoms with Crippen LogP contribution in [0.1, 0.15) is 17.2 Å². The number of aryl methyl sites for hydroxylation is 2. The standard InChI is InChI=1S/C13H15N5O2/c1-9-16-17-10(2)18(9)15-7-11-3-5-12(6-4-11)20-8-13(14)19/h3-7H,8H2,1-2H3,(H2,14,19)/b15-7+. The van der Waals surface area contributed by atoms with Crippen LogP contribution in [-0.4, -0.2) is 33.6 Å². The molecule has 2 aromatic rings. The number of rotatable bonds is 5. The maximum absolute atomic E-state index is 10.6. The van der Waals surface area contributed by atoms with Gasteiger partial charge in [0.15, 0.2) is 18.3 Å². The number of amides is 1. The fourth-order valence-corrected chi connectivity index (χ4v) is 1.56. The van der Waals surface area contributed by atoms with Crippen LogP contribution in [0.2, 0.25) is 0 Å². The smallest absolute Gasteiger partial charge is 0.255 e. The second kappa shape index (κ2) is 5.96. The summed E-state index contributed by atoms with van der Waals surface area (Å²) in [6.07, 6.45) is 1.70. The predicted molar refractivity (Wildman–Crippen MR) is 73.6 cm³/mol. The molecule has 0 saturated heterocycles. The van der Waals surface area contributed by atoms with Gasteiger partial charge in [-0.1, -0.05) is 0 Å². The number of hydrogen-bond donors (Lipinski definition) is 1. The van der Waals surface area contributed by atoms with Gasteiger partial charge in [-0.2, -0.15) is 5.10 Å². The third-order valence-corrected chi connectivity index (χ3v) is 2.54. The molecule has 104 valence electrons. The van der Waals surface area contributed by atoms with Crippen LogP contribution in [0.5, 0.6) is 5.75 Å². The highest BCUT2D eigenvalue weighted by atomic mass is 16.5. The van der Waals surface area contributed by atoms with E-state index < -0.39 is 5.91 Å². The number of aromatic nitrogens is 3. The maximum Gasteiger partial charge on any atom is 0.255 e. The van der Waals surface area contributed by atoms with Crippen LogP contribution in [0.15, 0.2) is 29.4 Å². The number of nitrogens with two attached hydrogens (primary N) is 1. The van der Waals surface area contributed by atoms with Crippen molar-refractivity contribution in [2.45, 2.75) is 13.8 Å². The Morgan fingerprint density at radius 2 is 1.90 bits per heavy atom. The Morgan fingerprint density at radius 1 is 1.30 bits per heavy atom. The lowest BCUT2D eigenvalue weighted by atomic mass is 10.2. The Kier molecular flexibility index (Phi) is 4.09. The molecule has 0 aliphatic carbocycles. The van der Waals surface area contributed by atoms with Gasteiger partial charge >= 0.3 is 0 Å². The van der Waals surface area contributed by atoms with Crippen molar-refractivity contribution in [3.05, 3.63) is 41.5 Å². The molecular formula is C13H15N5O2. The van der Waals surface area contributed by atoms with E-state index in [2.05, 4.69) is 15.3 Å². The van der Waals surface area contributed by atoms with Gasteiger partial charge in [0, 0.05) is 0 Å². The molecule has 0 unspecified atom stereocenters. The van der Waals surface area contributed by atoms with E-state index in [1.807, 2.05) is 26.0 Å². The molecule has 7 heteroatoms. The lowest BCUT2D eigenvalue weighted by molar-refractivity contribution is -0.119. The molecule has 2 N–H and O–H groups in total. The molecule has 2 rings (SSSR count). The van der Waals surface area contributed by atoms with Crippen LogP contribution in [0.25, 0.3) is 0 Å². The molecule has 0 spiro atoms. The van der Waals surface area contributed by atoms with E-state index in [1.54, 1.807) is 23.0 Å². The third kappa shape index (κ3) is 3.41. The minimum Gasteiger partial charge on any atom is -0.484 e. The van der Waals surface area contributed by atoms with Gasteiger partial charge in [0.25, 0.3) is 5.91 Å². The minimum atomic E-state index is -0.505. The van der Waals surface area contributed by atoms with Crippen molar-refractivity contribution >= 4 is 12.1 Å². The van der Waals surface area contributed by atoms with Gasteiger partial charge in [-0.3, -0.25) is 4.79 Å². The fourth-order valence-electron chi connectivity index (χ4n) is 1.56. The van der Waals surface area contributed by atoms with Gasteiger partial charge in [-0.05, 0) is 43.7 Å². The Hall–Kier alpha value is -2.70. The number of carbonyl (C=O) groups excluding carboxylic acids is 1. The van der Waals surface area contributed by atoms with E-state index in [1.165, 1.54) is 0 Å². The van der Waals surface area contributed by atoms with Crippen LogP contribution in [0.3, 0.4) is 0 Å². The summed E-state index contributed by atoms with van der Waals surface area (Å²) >= 11 is 0. The van der Waals surface area contributed by atoms with Crippen LogP contribution in [0, 0.1) is 13.8 Å². The van der Waals surface area contributed by atoms with E-state index in [4.69, 9.17) is 10.5 Å². The molecule has 0 saturated carbocycles. The number of primary amides is 1. The van der Waals surface area contributed by atoms with Crippen molar-refractivity contribution < 1.29 is 9.53 Å². The van der Waals surface area contributed by atoms with E-state index in [0.717, 1.165) is 17.2 Å². The second-order valence-corrected chi connectivity index (χ2v) is 4.17. The van der Waals surface area contributed by atoms with Crippen molar-refractivity contribution in [3.8, 4) is 5.75 Å². The molecule has 7 nitrogen and oxygen atoms in total. The van der Waals surface area contributed by atoms with Crippen molar-refractivity contribution in [1.29, 1.82) is 0 Å². The first-order valence-electron chi connectivity index (χ1n) is 6.00. The molecule has 0 radical (unpaired) electrons. The molecule has 0 bridgehead atoms. The molecule has 0 aliphatic rings. The largest absolute Gasteiger partial charge is 0.484 e. The molecule has 1 heterocycles. The van der Waals surface area contributed by atoms with Gasteiger partial charge < -0.3 is 10.5 Å². The molecule has 1 amide bonds. The zero-order valence-corrected chi connectivity index (χ0v) is 11.3. The van der Waals surface area contributed by atoms with Crippen LogP contribution >= 0.6 is 0 Å². The summed E-state index contributed by atoms with van der Waals surface area (Å²) in [5, 5.41) is 12.1. The topological polar surface area (TPSA) is 95.4 Å². The number of hydrogen-bond acceptors (Lipinski definition) is 5. The summed E-state index contributed by atoms with van der Waals surface area (Å²) in [6, 6.07) is 7.15. The average molecular weight is 273 g/mol. The SMILES string of the molecule is Cc1nnc(C)n1/N=C/c1ccc(OCC(N)=O)cc1. The zero-order valence-electron chi connectivity index (χ0n) is 11.3. The van der Waals surface area contributed by atoms with Crippen molar-refractivity contribution in [2.75, 3.05) is 6.61 Å². The first-order valence-corrected chi connectivity index (χ1v) is 6.00. The first kappa shape index (κ1) is 13.7. The molecule has 1 aromatic carbocycles. The summed E-state index contributed by atoms with van der Waals surface area (Å²) in [5.74, 6) is 1.52. The normalized spacial score (nSPS) is 10.9. The maximum atomic E-state index is 10.6. The van der Waals surface area contributed by atoms with Crippen molar-refractivity contribution in [1.82, 2.24) is 14.9 Å². The highest BCUT2D eigenvalue weighted by molar-refractivity contribution is 5.79. The molecule has 20 heavy (non-hydrogen) atoms. The number of nitrogens with zero attached hydrogens (tertiary/aromatic N) is 4. The molecule has 1 aromatic heterocycles. The second-order valence-electron chi connectivity index (χ2n) is 4.17. The Morgan fingerprint density at radius 3 is 2.45 bits per heavy atom. The van der Waals surface area contributed by atoms with Gasteiger partial charge in [0.1, 0.15) is 5.75 Å². The monoisotopic (exact) mass is 273 g/mol. The molecule has 0 aliphatic heterocycles. The Balaban J connectivity index is 2.05. The first-order chi connectivity index (χ1) is 9.56. The van der Waals surface area contributed by atoms with Crippen LogP contribution in [0.4, 0.5) is 0 Å². The van der Waals surface area contributed by atoms with Gasteiger partial charge in [-0.25, -0.2) is 4.68 Å². The average Bonchev–Trinajstić information content (AvgIpc) is 2.75. The van der Waals surface area contributed by atoms with Gasteiger partial charge in [0.05, 0.1) is 6.21 Å². The minimum absolute atomic E-state index is 0.132. The van der Waals surface area contributed by atoms with E-state index in [9.17, 15) is 4.79 Å². The van der Waals surface area contributed by atoms with Crippen molar-refractivity contribution in [3.63, 3.8) is 0 Å². The third-order valence-electron chi connectivity index (χ3n) is 2.54. The predicted octanol–water partition coefficient (Wildman–Crippen LogP) is 0.641. The molecular weight excluding hydrogens is 258 g/mol. The summed E-state index contributed by atoms with van der Waals surface area (Å²) in [6.45, 7) is 3.53. The number of benzene rings is 1. The summed E-state index contributed by atoms with van der Waals surface area (Å²) < 4.78 is 6.82. The summed E-state index contributed by atoms with van der Waals surface area (Å²) in [7, 11) is 0. The molecule has 0 fully saturated rings. The van der Waals surface area contributed by atoms with Crippen LogP contribution < -0.4 is 10.5 Å². The Bertz CT molecular complexity index is 611. The van der Waals surface area contributed by atoms with Gasteiger partial charge in [-0.15, -0.1) is 10.2 Å². The highest BCUT2D eigenvalue weighted by Gasteiger charge is 2.01. The lowest BCUT2D eigenvalue weighted by Crippen LogP contribution is -2.19. The highest BCUT2D eigenvalue weighted by Crippen LogP contribution is 2.11.